The maximum absolute atomic E-state index is 16.2. The second kappa shape index (κ2) is 23.3. The normalized spacial score (nSPS) is 21.8. The summed E-state index contributed by atoms with van der Waals surface area (Å²) in [6.07, 6.45) is 3.01. The number of phenolic OH excluding ortho intramolecular Hbond substituents is 2. The molecule has 6 N–H and O–H groups in total. The van der Waals surface area contributed by atoms with Gasteiger partial charge in [0.05, 0.1) is 13.2 Å². The van der Waals surface area contributed by atoms with Crippen LogP contribution in [-0.2, 0) is 4.79 Å². The summed E-state index contributed by atoms with van der Waals surface area (Å²) in [5.74, 6) is -6.84. The Morgan fingerprint density at radius 3 is 1.34 bits per heavy atom. The molecule has 11 nitrogen and oxygen atoms in total. The Morgan fingerprint density at radius 1 is 0.562 bits per heavy atom. The van der Waals surface area contributed by atoms with Crippen LogP contribution in [0.15, 0.2) is 84.9 Å². The third-order valence-electron chi connectivity index (χ3n) is 13.3. The largest absolute Gasteiger partial charge is 0.508 e. The van der Waals surface area contributed by atoms with Gasteiger partial charge in [0.2, 0.25) is 0 Å². The standard InChI is InChI=1S/C51H64F2N4O7/c1-33-39(15-9-17-45(33)52)47-41(49(62)35-11-7-13-37(60)27-35)29-56(23-5-3-19-54-21-25-58)31-43(47)51(64)44-32-57(24-6-4-20-55-22-26-59)30-42(50(63)36-12-8-14-38(61)28-36)48(44)40-16-10-18-46(53)34(40)2/h7-18,27-28,41-44,47-48,54-55,58-61H,3-6,19-26,29-32H2,1-2H3/t41-,42?,43+,44?,47-,48?/m0/s1. The van der Waals surface area contributed by atoms with E-state index in [1.54, 1.807) is 62.4 Å². The highest BCUT2D eigenvalue weighted by Crippen LogP contribution is 2.48. The maximum atomic E-state index is 16.2. The minimum atomic E-state index is -0.867. The molecular weight excluding hydrogens is 819 g/mol. The van der Waals surface area contributed by atoms with Crippen LogP contribution in [0.2, 0.25) is 0 Å². The average Bonchev–Trinajstić information content (AvgIpc) is 3.29. The van der Waals surface area contributed by atoms with E-state index in [4.69, 9.17) is 0 Å². The highest BCUT2D eigenvalue weighted by Gasteiger charge is 2.51. The maximum Gasteiger partial charge on any atom is 0.167 e. The molecule has 3 unspecified atom stereocenters. The van der Waals surface area contributed by atoms with Crippen LogP contribution in [0.5, 0.6) is 11.5 Å². The van der Waals surface area contributed by atoms with Gasteiger partial charge in [-0.15, -0.1) is 0 Å². The van der Waals surface area contributed by atoms with Crippen LogP contribution in [0, 0.1) is 49.2 Å². The second-order valence-corrected chi connectivity index (χ2v) is 17.5. The van der Waals surface area contributed by atoms with Crippen molar-refractivity contribution < 1.29 is 43.6 Å². The number of ketones is 3. The summed E-state index contributed by atoms with van der Waals surface area (Å²) in [5.41, 5.74) is 2.28. The van der Waals surface area contributed by atoms with Crippen molar-refractivity contribution in [1.82, 2.24) is 20.4 Å². The Morgan fingerprint density at radius 2 is 0.953 bits per heavy atom. The molecule has 0 spiro atoms. The number of piperidine rings is 2. The molecule has 0 radical (unpaired) electrons. The number of nitrogens with zero attached hydrogens (tertiary/aromatic N) is 2. The molecule has 2 fully saturated rings. The Labute approximate surface area is 375 Å². The van der Waals surface area contributed by atoms with Gasteiger partial charge in [0.15, 0.2) is 11.6 Å². The molecule has 64 heavy (non-hydrogen) atoms. The molecule has 0 amide bonds. The van der Waals surface area contributed by atoms with Gasteiger partial charge < -0.3 is 40.9 Å². The fourth-order valence-electron chi connectivity index (χ4n) is 10.1. The number of likely N-dealkylation sites (tertiary alicyclic amines) is 2. The summed E-state index contributed by atoms with van der Waals surface area (Å²) in [7, 11) is 0. The van der Waals surface area contributed by atoms with Crippen molar-refractivity contribution in [2.24, 2.45) is 23.7 Å². The molecule has 6 rings (SSSR count). The zero-order chi connectivity index (χ0) is 45.8. The van der Waals surface area contributed by atoms with Gasteiger partial charge in [0.1, 0.15) is 28.9 Å². The molecule has 2 aliphatic rings. The quantitative estimate of drug-likeness (QED) is 0.0405. The highest BCUT2D eigenvalue weighted by molar-refractivity contribution is 6.01. The summed E-state index contributed by atoms with van der Waals surface area (Å²) in [6.45, 7) is 7.79. The van der Waals surface area contributed by atoms with Gasteiger partial charge in [-0.2, -0.15) is 0 Å². The molecule has 2 heterocycles. The van der Waals surface area contributed by atoms with E-state index in [0.29, 0.717) is 61.5 Å². The minimum absolute atomic E-state index is 0.0203. The number of nitrogens with one attached hydrogen (secondary N) is 2. The van der Waals surface area contributed by atoms with E-state index in [-0.39, 0.29) is 79.4 Å². The molecule has 0 aromatic heterocycles. The van der Waals surface area contributed by atoms with Crippen molar-refractivity contribution in [1.29, 1.82) is 0 Å². The zero-order valence-electron chi connectivity index (χ0n) is 37.0. The molecule has 0 saturated carbocycles. The van der Waals surface area contributed by atoms with Gasteiger partial charge in [0.25, 0.3) is 0 Å². The summed E-state index contributed by atoms with van der Waals surface area (Å²) in [5, 5.41) is 45.9. The number of aliphatic hydroxyl groups is 2. The Kier molecular flexibility index (Phi) is 17.7. The third-order valence-corrected chi connectivity index (χ3v) is 13.3. The lowest BCUT2D eigenvalue weighted by atomic mass is 9.62. The van der Waals surface area contributed by atoms with E-state index in [1.807, 2.05) is 0 Å². The van der Waals surface area contributed by atoms with E-state index < -0.39 is 47.1 Å². The summed E-state index contributed by atoms with van der Waals surface area (Å²) in [6, 6.07) is 21.8. The number of hydrogen-bond acceptors (Lipinski definition) is 11. The number of phenols is 2. The van der Waals surface area contributed by atoms with E-state index in [9.17, 15) is 30.0 Å². The average molecular weight is 883 g/mol. The Balaban J connectivity index is 1.49. The molecule has 344 valence electrons. The van der Waals surface area contributed by atoms with Crippen LogP contribution in [-0.4, -0.2) is 126 Å². The molecule has 0 bridgehead atoms. The Bertz CT molecular complexity index is 2050. The van der Waals surface area contributed by atoms with E-state index >= 15 is 13.6 Å². The van der Waals surface area contributed by atoms with Crippen LogP contribution >= 0.6 is 0 Å². The molecule has 6 atom stereocenters. The molecular formula is C51H64F2N4O7. The fourth-order valence-corrected chi connectivity index (χ4v) is 10.1. The predicted octanol–water partition coefficient (Wildman–Crippen LogP) is 6.02. The topological polar surface area (TPSA) is 163 Å². The first-order valence-corrected chi connectivity index (χ1v) is 22.7. The van der Waals surface area contributed by atoms with Crippen LogP contribution < -0.4 is 10.6 Å². The second-order valence-electron chi connectivity index (χ2n) is 17.5. The number of rotatable bonds is 22. The van der Waals surface area contributed by atoms with Crippen molar-refractivity contribution in [2.45, 2.75) is 51.4 Å². The number of hydrogen-bond donors (Lipinski definition) is 6. The molecule has 4 aromatic carbocycles. The third kappa shape index (κ3) is 11.9. The van der Waals surface area contributed by atoms with Gasteiger partial charge in [0, 0.05) is 85.9 Å². The number of benzene rings is 4. The van der Waals surface area contributed by atoms with Gasteiger partial charge >= 0.3 is 0 Å². The van der Waals surface area contributed by atoms with Crippen molar-refractivity contribution in [3.63, 3.8) is 0 Å². The van der Waals surface area contributed by atoms with E-state index in [0.717, 1.165) is 25.7 Å². The molecule has 4 aromatic rings. The summed E-state index contributed by atoms with van der Waals surface area (Å²) >= 11 is 0. The highest BCUT2D eigenvalue weighted by atomic mass is 19.1. The number of carbonyl (C=O) groups excluding carboxylic acids is 3. The van der Waals surface area contributed by atoms with Gasteiger partial charge in [-0.1, -0.05) is 48.5 Å². The lowest BCUT2D eigenvalue weighted by Crippen LogP contribution is -2.56. The van der Waals surface area contributed by atoms with E-state index in [2.05, 4.69) is 20.4 Å². The van der Waals surface area contributed by atoms with Crippen LogP contribution in [0.1, 0.15) is 80.5 Å². The first kappa shape index (κ1) is 48.6. The zero-order valence-corrected chi connectivity index (χ0v) is 37.0. The monoisotopic (exact) mass is 882 g/mol. The summed E-state index contributed by atoms with van der Waals surface area (Å²) in [4.78, 5) is 50.3. The van der Waals surface area contributed by atoms with E-state index in [1.165, 1.54) is 36.4 Å². The van der Waals surface area contributed by atoms with Crippen molar-refractivity contribution >= 4 is 17.3 Å². The molecule has 2 saturated heterocycles. The lowest BCUT2D eigenvalue weighted by Gasteiger charge is -2.48. The first-order chi connectivity index (χ1) is 30.9. The lowest BCUT2D eigenvalue weighted by molar-refractivity contribution is -0.133. The van der Waals surface area contributed by atoms with Gasteiger partial charge in [-0.25, -0.2) is 8.78 Å². The molecule has 2 aliphatic heterocycles. The van der Waals surface area contributed by atoms with Crippen molar-refractivity contribution in [3.8, 4) is 11.5 Å². The smallest absolute Gasteiger partial charge is 0.167 e. The number of Topliss-reactive ketones (excluding diaryl/α,β-unsaturated/α-hetero) is 3. The van der Waals surface area contributed by atoms with Crippen molar-refractivity contribution in [3.05, 3.63) is 130 Å². The SMILES string of the molecule is Cc1c(F)cccc1C1C(C(=O)c2cccc(O)c2)CN(CCCCNCCO)CC1C(=O)[C@@H]1CN(CCCCNCCO)C[C@H](C(=O)c2cccc(O)c2)[C@@H]1c1cccc(F)c1C. The van der Waals surface area contributed by atoms with Gasteiger partial charge in [-0.05, 0) is 124 Å². The predicted molar refractivity (Wildman–Crippen MR) is 243 cm³/mol. The summed E-state index contributed by atoms with van der Waals surface area (Å²) < 4.78 is 31.4. The molecule has 0 aliphatic carbocycles. The number of aromatic hydroxyl groups is 2. The molecule has 13 heteroatoms. The fraction of sp³-hybridized carbons (Fsp3) is 0.471. The minimum Gasteiger partial charge on any atom is -0.508 e. The number of unbranched alkanes of at least 4 members (excludes halogenated alkanes) is 2. The van der Waals surface area contributed by atoms with Gasteiger partial charge in [-0.3, -0.25) is 14.4 Å². The van der Waals surface area contributed by atoms with Crippen LogP contribution in [0.25, 0.3) is 0 Å². The van der Waals surface area contributed by atoms with Crippen LogP contribution in [0.4, 0.5) is 8.78 Å². The number of carbonyl (C=O) groups is 3. The van der Waals surface area contributed by atoms with Crippen molar-refractivity contribution in [2.75, 3.05) is 78.7 Å². The number of aliphatic hydroxyl groups excluding tert-OH is 2. The Hall–Kier alpha value is -4.89. The first-order valence-electron chi connectivity index (χ1n) is 22.7. The number of halogens is 2. The van der Waals surface area contributed by atoms with Crippen LogP contribution in [0.3, 0.4) is 0 Å².